The van der Waals surface area contributed by atoms with Gasteiger partial charge in [0.2, 0.25) is 0 Å². The minimum Gasteiger partial charge on any atom is -0.391 e. The Kier molecular flexibility index (Phi) is 3.87. The Morgan fingerprint density at radius 2 is 2.33 bits per heavy atom. The Morgan fingerprint density at radius 3 is 2.94 bits per heavy atom. The second-order valence-electron chi connectivity index (χ2n) is 4.81. The van der Waals surface area contributed by atoms with E-state index in [0.29, 0.717) is 19.5 Å². The van der Waals surface area contributed by atoms with E-state index < -0.39 is 0 Å². The summed E-state index contributed by atoms with van der Waals surface area (Å²) in [6, 6.07) is 5.82. The van der Waals surface area contributed by atoms with Gasteiger partial charge in [-0.25, -0.2) is 4.79 Å². The van der Waals surface area contributed by atoms with Crippen LogP contribution in [0.3, 0.4) is 0 Å². The van der Waals surface area contributed by atoms with Gasteiger partial charge in [0, 0.05) is 18.8 Å². The molecule has 2 N–H and O–H groups in total. The van der Waals surface area contributed by atoms with Crippen LogP contribution in [0, 0.1) is 6.92 Å². The Morgan fingerprint density at radius 1 is 1.56 bits per heavy atom. The Labute approximate surface area is 108 Å². The molecule has 1 fully saturated rings. The molecule has 0 aromatic heterocycles. The van der Waals surface area contributed by atoms with E-state index >= 15 is 0 Å². The molecule has 1 aromatic rings. The lowest BCUT2D eigenvalue weighted by molar-refractivity contribution is 0.176. The second-order valence-corrected chi connectivity index (χ2v) is 4.81. The van der Waals surface area contributed by atoms with Crippen LogP contribution in [0.2, 0.25) is 0 Å². The molecule has 1 aromatic carbocycles. The maximum absolute atomic E-state index is 11.9. The lowest BCUT2D eigenvalue weighted by atomic mass is 10.1. The van der Waals surface area contributed by atoms with Gasteiger partial charge >= 0.3 is 6.03 Å². The number of nitrogens with zero attached hydrogens (tertiary/aromatic N) is 1. The SMILES string of the molecule is CCc1cc(NC(=O)N2CC[C@H](O)C2)ccc1C. The smallest absolute Gasteiger partial charge is 0.321 e. The molecule has 98 valence electrons. The van der Waals surface area contributed by atoms with Crippen LogP contribution in [0.4, 0.5) is 10.5 Å². The van der Waals surface area contributed by atoms with Crippen LogP contribution < -0.4 is 5.32 Å². The molecule has 0 unspecified atom stereocenters. The third-order valence-electron chi connectivity index (χ3n) is 3.43. The molecule has 18 heavy (non-hydrogen) atoms. The van der Waals surface area contributed by atoms with Gasteiger partial charge in [0.25, 0.3) is 0 Å². The first kappa shape index (κ1) is 12.9. The summed E-state index contributed by atoms with van der Waals surface area (Å²) in [7, 11) is 0. The molecule has 1 atom stereocenters. The highest BCUT2D eigenvalue weighted by Gasteiger charge is 2.24. The number of β-amino-alcohol motifs (C(OH)–C–C–N with tert-alkyl or cyclic N) is 1. The fourth-order valence-corrected chi connectivity index (χ4v) is 2.26. The Bertz CT molecular complexity index is 445. The van der Waals surface area contributed by atoms with E-state index in [9.17, 15) is 9.90 Å². The van der Waals surface area contributed by atoms with Gasteiger partial charge in [0.15, 0.2) is 0 Å². The van der Waals surface area contributed by atoms with Crippen molar-refractivity contribution < 1.29 is 9.90 Å². The minimum absolute atomic E-state index is 0.127. The van der Waals surface area contributed by atoms with Gasteiger partial charge in [-0.2, -0.15) is 0 Å². The van der Waals surface area contributed by atoms with E-state index in [-0.39, 0.29) is 12.1 Å². The number of carbonyl (C=O) groups is 1. The Hall–Kier alpha value is -1.55. The highest BCUT2D eigenvalue weighted by molar-refractivity contribution is 5.89. The van der Waals surface area contributed by atoms with Crippen LogP contribution in [0.15, 0.2) is 18.2 Å². The summed E-state index contributed by atoms with van der Waals surface area (Å²) in [4.78, 5) is 13.6. The third-order valence-corrected chi connectivity index (χ3v) is 3.43. The number of aliphatic hydroxyl groups excluding tert-OH is 1. The molecular formula is C14H20N2O2. The van der Waals surface area contributed by atoms with Gasteiger partial charge in [-0.15, -0.1) is 0 Å². The van der Waals surface area contributed by atoms with Crippen molar-refractivity contribution in [2.24, 2.45) is 0 Å². The van der Waals surface area contributed by atoms with Crippen LogP contribution >= 0.6 is 0 Å². The first-order valence-corrected chi connectivity index (χ1v) is 6.43. The summed E-state index contributed by atoms with van der Waals surface area (Å²) in [5.41, 5.74) is 3.31. The van der Waals surface area contributed by atoms with E-state index in [4.69, 9.17) is 0 Å². The summed E-state index contributed by atoms with van der Waals surface area (Å²) < 4.78 is 0. The van der Waals surface area contributed by atoms with Gasteiger partial charge in [-0.1, -0.05) is 13.0 Å². The van der Waals surface area contributed by atoms with Gasteiger partial charge in [0.1, 0.15) is 0 Å². The number of aliphatic hydroxyl groups is 1. The zero-order valence-electron chi connectivity index (χ0n) is 10.9. The van der Waals surface area contributed by atoms with Crippen molar-refractivity contribution in [3.05, 3.63) is 29.3 Å². The lowest BCUT2D eigenvalue weighted by Gasteiger charge is -2.17. The summed E-state index contributed by atoms with van der Waals surface area (Å²) in [6.45, 7) is 5.23. The van der Waals surface area contributed by atoms with E-state index in [1.807, 2.05) is 18.2 Å². The van der Waals surface area contributed by atoms with Crippen LogP contribution in [0.5, 0.6) is 0 Å². The van der Waals surface area contributed by atoms with Gasteiger partial charge < -0.3 is 15.3 Å². The number of urea groups is 1. The first-order valence-electron chi connectivity index (χ1n) is 6.43. The summed E-state index contributed by atoms with van der Waals surface area (Å²) >= 11 is 0. The molecule has 0 radical (unpaired) electrons. The van der Waals surface area contributed by atoms with Crippen molar-refractivity contribution in [1.82, 2.24) is 4.90 Å². The van der Waals surface area contributed by atoms with Gasteiger partial charge in [-0.05, 0) is 43.0 Å². The fourth-order valence-electron chi connectivity index (χ4n) is 2.26. The molecular weight excluding hydrogens is 228 g/mol. The number of hydrogen-bond acceptors (Lipinski definition) is 2. The highest BCUT2D eigenvalue weighted by atomic mass is 16.3. The normalized spacial score (nSPS) is 19.1. The molecule has 0 bridgehead atoms. The minimum atomic E-state index is -0.375. The van der Waals surface area contributed by atoms with E-state index in [1.54, 1.807) is 4.90 Å². The summed E-state index contributed by atoms with van der Waals surface area (Å²) in [6.07, 6.45) is 1.25. The summed E-state index contributed by atoms with van der Waals surface area (Å²) in [5, 5.41) is 12.3. The number of nitrogens with one attached hydrogen (secondary N) is 1. The number of amides is 2. The number of likely N-dealkylation sites (tertiary alicyclic amines) is 1. The Balaban J connectivity index is 2.03. The topological polar surface area (TPSA) is 52.6 Å². The molecule has 0 saturated carbocycles. The van der Waals surface area contributed by atoms with Crippen LogP contribution in [0.1, 0.15) is 24.5 Å². The number of benzene rings is 1. The summed E-state index contributed by atoms with van der Waals surface area (Å²) in [5.74, 6) is 0. The number of hydrogen-bond donors (Lipinski definition) is 2. The maximum Gasteiger partial charge on any atom is 0.321 e. The third kappa shape index (κ3) is 2.82. The second kappa shape index (κ2) is 5.40. The number of carbonyl (C=O) groups excluding carboxylic acids is 1. The standard InChI is InChI=1S/C14H20N2O2/c1-3-11-8-12(5-4-10(11)2)15-14(18)16-7-6-13(17)9-16/h4-5,8,13,17H,3,6-7,9H2,1-2H3,(H,15,18)/t13-/m0/s1. The van der Waals surface area contributed by atoms with E-state index in [1.165, 1.54) is 11.1 Å². The molecule has 1 aliphatic rings. The molecule has 1 saturated heterocycles. The average Bonchev–Trinajstić information content (AvgIpc) is 2.78. The predicted molar refractivity (Wildman–Crippen MR) is 71.8 cm³/mol. The van der Waals surface area contributed by atoms with Crippen molar-refractivity contribution >= 4 is 11.7 Å². The quantitative estimate of drug-likeness (QED) is 0.842. The molecule has 2 amide bonds. The van der Waals surface area contributed by atoms with Crippen molar-refractivity contribution in [3.8, 4) is 0 Å². The molecule has 0 spiro atoms. The maximum atomic E-state index is 11.9. The number of aryl methyl sites for hydroxylation is 2. The molecule has 1 heterocycles. The first-order chi connectivity index (χ1) is 8.60. The van der Waals surface area contributed by atoms with Crippen LogP contribution in [-0.2, 0) is 6.42 Å². The molecule has 4 nitrogen and oxygen atoms in total. The number of rotatable bonds is 2. The lowest BCUT2D eigenvalue weighted by Crippen LogP contribution is -2.33. The van der Waals surface area contributed by atoms with Gasteiger partial charge in [0.05, 0.1) is 6.10 Å². The fraction of sp³-hybridized carbons (Fsp3) is 0.500. The monoisotopic (exact) mass is 248 g/mol. The average molecular weight is 248 g/mol. The van der Waals surface area contributed by atoms with E-state index in [2.05, 4.69) is 19.2 Å². The zero-order valence-corrected chi connectivity index (χ0v) is 10.9. The van der Waals surface area contributed by atoms with Gasteiger partial charge in [-0.3, -0.25) is 0 Å². The largest absolute Gasteiger partial charge is 0.391 e. The predicted octanol–water partition coefficient (Wildman–Crippen LogP) is 2.16. The van der Waals surface area contributed by atoms with Crippen molar-refractivity contribution in [2.75, 3.05) is 18.4 Å². The molecule has 0 aliphatic carbocycles. The van der Waals surface area contributed by atoms with Crippen LogP contribution in [0.25, 0.3) is 0 Å². The van der Waals surface area contributed by atoms with Crippen molar-refractivity contribution in [2.45, 2.75) is 32.8 Å². The number of anilines is 1. The highest BCUT2D eigenvalue weighted by Crippen LogP contribution is 2.17. The molecule has 2 rings (SSSR count). The molecule has 1 aliphatic heterocycles. The van der Waals surface area contributed by atoms with Crippen molar-refractivity contribution in [3.63, 3.8) is 0 Å². The zero-order chi connectivity index (χ0) is 13.1. The van der Waals surface area contributed by atoms with Crippen LogP contribution in [-0.4, -0.2) is 35.2 Å². The van der Waals surface area contributed by atoms with E-state index in [0.717, 1.165) is 12.1 Å². The molecule has 4 heteroatoms. The van der Waals surface area contributed by atoms with Crippen molar-refractivity contribution in [1.29, 1.82) is 0 Å².